The van der Waals surface area contributed by atoms with Crippen LogP contribution in [-0.4, -0.2) is 44.5 Å². The van der Waals surface area contributed by atoms with Crippen molar-refractivity contribution in [3.05, 3.63) is 60.2 Å². The van der Waals surface area contributed by atoms with Crippen LogP contribution < -0.4 is 9.46 Å². The van der Waals surface area contributed by atoms with Crippen LogP contribution in [0.15, 0.2) is 59.5 Å². The Labute approximate surface area is 166 Å². The van der Waals surface area contributed by atoms with E-state index in [1.165, 1.54) is 0 Å². The second kappa shape index (κ2) is 8.75. The minimum Gasteiger partial charge on any atom is -0.481 e. The summed E-state index contributed by atoms with van der Waals surface area (Å²) >= 11 is 0. The number of sulfonamides is 1. The van der Waals surface area contributed by atoms with Crippen LogP contribution in [0.25, 0.3) is 0 Å². The first kappa shape index (κ1) is 20.4. The number of likely N-dealkylation sites (tertiary alicyclic amines) is 1. The lowest BCUT2D eigenvalue weighted by atomic mass is 10.1. The lowest BCUT2D eigenvalue weighted by Gasteiger charge is -2.33. The Morgan fingerprint density at radius 1 is 1.07 bits per heavy atom. The number of hydrogen-bond donors (Lipinski definition) is 1. The summed E-state index contributed by atoms with van der Waals surface area (Å²) in [5.74, 6) is 0.577. The largest absolute Gasteiger partial charge is 0.481 e. The van der Waals surface area contributed by atoms with Gasteiger partial charge >= 0.3 is 0 Å². The highest BCUT2D eigenvalue weighted by Gasteiger charge is 2.29. The summed E-state index contributed by atoms with van der Waals surface area (Å²) in [6.45, 7) is 4.66. The van der Waals surface area contributed by atoms with Gasteiger partial charge < -0.3 is 9.64 Å². The predicted octanol–water partition coefficient (Wildman–Crippen LogP) is 2.73. The monoisotopic (exact) mass is 402 g/mol. The van der Waals surface area contributed by atoms with E-state index in [4.69, 9.17) is 4.74 Å². The number of rotatable bonds is 6. The summed E-state index contributed by atoms with van der Waals surface area (Å²) < 4.78 is 33.5. The van der Waals surface area contributed by atoms with Crippen LogP contribution in [0.4, 0.5) is 0 Å². The van der Waals surface area contributed by atoms with Crippen LogP contribution in [-0.2, 0) is 14.8 Å². The number of benzene rings is 2. The van der Waals surface area contributed by atoms with Crippen LogP contribution in [0.2, 0.25) is 0 Å². The molecule has 1 fully saturated rings. The van der Waals surface area contributed by atoms with Crippen molar-refractivity contribution >= 4 is 15.9 Å². The van der Waals surface area contributed by atoms with E-state index >= 15 is 0 Å². The first-order chi connectivity index (χ1) is 13.3. The molecule has 0 aromatic heterocycles. The van der Waals surface area contributed by atoms with Crippen LogP contribution in [0, 0.1) is 6.92 Å². The summed E-state index contributed by atoms with van der Waals surface area (Å²) in [5, 5.41) is 0. The molecule has 6 nitrogen and oxygen atoms in total. The van der Waals surface area contributed by atoms with Gasteiger partial charge in [0.05, 0.1) is 4.90 Å². The van der Waals surface area contributed by atoms with E-state index < -0.39 is 16.1 Å². The van der Waals surface area contributed by atoms with E-state index in [1.54, 1.807) is 36.1 Å². The van der Waals surface area contributed by atoms with Crippen molar-refractivity contribution in [2.24, 2.45) is 0 Å². The average Bonchev–Trinajstić information content (AvgIpc) is 2.69. The van der Waals surface area contributed by atoms with Gasteiger partial charge in [-0.05, 0) is 51.0 Å². The number of piperidine rings is 1. The van der Waals surface area contributed by atoms with Gasteiger partial charge in [-0.15, -0.1) is 0 Å². The van der Waals surface area contributed by atoms with Gasteiger partial charge in [-0.1, -0.05) is 35.9 Å². The molecule has 1 aliphatic heterocycles. The molecule has 0 unspecified atom stereocenters. The van der Waals surface area contributed by atoms with E-state index in [2.05, 4.69) is 4.72 Å². The van der Waals surface area contributed by atoms with E-state index in [0.717, 1.165) is 5.56 Å². The third kappa shape index (κ3) is 5.11. The molecule has 1 amide bonds. The molecular formula is C21H26N2O4S. The molecule has 1 N–H and O–H groups in total. The Morgan fingerprint density at radius 2 is 1.68 bits per heavy atom. The van der Waals surface area contributed by atoms with Crippen molar-refractivity contribution in [1.29, 1.82) is 0 Å². The predicted molar refractivity (Wildman–Crippen MR) is 108 cm³/mol. The molecule has 2 aromatic rings. The highest BCUT2D eigenvalue weighted by Crippen LogP contribution is 2.18. The number of hydrogen-bond acceptors (Lipinski definition) is 4. The van der Waals surface area contributed by atoms with Crippen LogP contribution in [0.3, 0.4) is 0 Å². The van der Waals surface area contributed by atoms with E-state index in [1.807, 2.05) is 37.3 Å². The maximum absolute atomic E-state index is 12.6. The highest BCUT2D eigenvalue weighted by molar-refractivity contribution is 7.89. The van der Waals surface area contributed by atoms with Crippen molar-refractivity contribution in [1.82, 2.24) is 9.62 Å². The van der Waals surface area contributed by atoms with E-state index in [-0.39, 0.29) is 16.8 Å². The molecule has 7 heteroatoms. The summed E-state index contributed by atoms with van der Waals surface area (Å²) in [5.41, 5.74) is 1.01. The van der Waals surface area contributed by atoms with Crippen molar-refractivity contribution in [2.45, 2.75) is 43.7 Å². The molecule has 2 aromatic carbocycles. The fraction of sp³-hybridized carbons (Fsp3) is 0.381. The molecule has 28 heavy (non-hydrogen) atoms. The number of carbonyl (C=O) groups is 1. The smallest absolute Gasteiger partial charge is 0.263 e. The van der Waals surface area contributed by atoms with Crippen molar-refractivity contribution < 1.29 is 17.9 Å². The van der Waals surface area contributed by atoms with Gasteiger partial charge in [0.15, 0.2) is 6.10 Å². The second-order valence-corrected chi connectivity index (χ2v) is 8.82. The number of aryl methyl sites for hydroxylation is 1. The Bertz CT molecular complexity index is 890. The fourth-order valence-electron chi connectivity index (χ4n) is 3.23. The maximum atomic E-state index is 12.6. The summed E-state index contributed by atoms with van der Waals surface area (Å²) in [4.78, 5) is 14.6. The van der Waals surface area contributed by atoms with Crippen molar-refractivity contribution in [3.8, 4) is 5.75 Å². The van der Waals surface area contributed by atoms with Crippen LogP contribution in [0.1, 0.15) is 25.3 Å². The zero-order chi connectivity index (χ0) is 20.1. The normalized spacial score (nSPS) is 16.6. The minimum absolute atomic E-state index is 0.0799. The molecule has 1 saturated heterocycles. The molecule has 0 saturated carbocycles. The summed E-state index contributed by atoms with van der Waals surface area (Å²) in [7, 11) is -3.55. The molecular weight excluding hydrogens is 376 g/mol. The van der Waals surface area contributed by atoms with Crippen LogP contribution in [0.5, 0.6) is 5.75 Å². The zero-order valence-electron chi connectivity index (χ0n) is 16.2. The third-order valence-electron chi connectivity index (χ3n) is 4.86. The lowest BCUT2D eigenvalue weighted by Crippen LogP contribution is -2.49. The first-order valence-electron chi connectivity index (χ1n) is 9.44. The van der Waals surface area contributed by atoms with Crippen molar-refractivity contribution in [3.63, 3.8) is 0 Å². The SMILES string of the molecule is Cc1ccc(S(=O)(=O)NC2CCN(C(=O)[C@H](C)Oc3ccccc3)CC2)cc1. The molecule has 1 heterocycles. The zero-order valence-corrected chi connectivity index (χ0v) is 17.0. The molecule has 150 valence electrons. The van der Waals surface area contributed by atoms with Gasteiger partial charge in [0.25, 0.3) is 5.91 Å². The van der Waals surface area contributed by atoms with E-state index in [0.29, 0.717) is 31.7 Å². The molecule has 0 radical (unpaired) electrons. The van der Waals surface area contributed by atoms with Gasteiger partial charge in [0.1, 0.15) is 5.75 Å². The minimum atomic E-state index is -3.55. The fourth-order valence-corrected chi connectivity index (χ4v) is 4.54. The summed E-state index contributed by atoms with van der Waals surface area (Å²) in [6.07, 6.45) is 0.576. The van der Waals surface area contributed by atoms with Gasteiger partial charge in [-0.3, -0.25) is 4.79 Å². The van der Waals surface area contributed by atoms with Gasteiger partial charge in [0, 0.05) is 19.1 Å². The number of nitrogens with zero attached hydrogens (tertiary/aromatic N) is 1. The standard InChI is InChI=1S/C21H26N2O4S/c1-16-8-10-20(11-9-16)28(25,26)22-18-12-14-23(15-13-18)21(24)17(2)27-19-6-4-3-5-7-19/h3-11,17-18,22H,12-15H2,1-2H3/t17-/m0/s1. The molecule has 0 aliphatic carbocycles. The summed E-state index contributed by atoms with van der Waals surface area (Å²) in [6, 6.07) is 15.8. The van der Waals surface area contributed by atoms with Gasteiger partial charge in [-0.25, -0.2) is 13.1 Å². The van der Waals surface area contributed by atoms with Crippen LogP contribution >= 0.6 is 0 Å². The Balaban J connectivity index is 1.52. The molecule has 1 atom stereocenters. The van der Waals surface area contributed by atoms with E-state index in [9.17, 15) is 13.2 Å². The van der Waals surface area contributed by atoms with Gasteiger partial charge in [-0.2, -0.15) is 0 Å². The molecule has 1 aliphatic rings. The first-order valence-corrected chi connectivity index (χ1v) is 10.9. The van der Waals surface area contributed by atoms with Crippen molar-refractivity contribution in [2.75, 3.05) is 13.1 Å². The topological polar surface area (TPSA) is 75.7 Å². The Hall–Kier alpha value is -2.38. The molecule has 0 spiro atoms. The number of para-hydroxylation sites is 1. The Morgan fingerprint density at radius 3 is 2.29 bits per heavy atom. The maximum Gasteiger partial charge on any atom is 0.263 e. The quantitative estimate of drug-likeness (QED) is 0.806. The second-order valence-electron chi connectivity index (χ2n) is 7.11. The Kier molecular flexibility index (Phi) is 6.36. The number of carbonyl (C=O) groups excluding carboxylic acids is 1. The lowest BCUT2D eigenvalue weighted by molar-refractivity contribution is -0.139. The molecule has 3 rings (SSSR count). The van der Waals surface area contributed by atoms with Gasteiger partial charge in [0.2, 0.25) is 10.0 Å². The average molecular weight is 403 g/mol. The third-order valence-corrected chi connectivity index (χ3v) is 6.40. The number of amides is 1. The number of nitrogens with one attached hydrogen (secondary N) is 1. The molecule has 0 bridgehead atoms. The number of ether oxygens (including phenoxy) is 1. The highest BCUT2D eigenvalue weighted by atomic mass is 32.2.